The van der Waals surface area contributed by atoms with E-state index < -0.39 is 16.5 Å². The molecule has 0 spiro atoms. The molecule has 0 rings (SSSR count). The lowest BCUT2D eigenvalue weighted by atomic mass is 10.1. The highest BCUT2D eigenvalue weighted by Crippen LogP contribution is 2.10. The number of aliphatic hydroxyl groups is 6. The van der Waals surface area contributed by atoms with E-state index in [1.54, 1.807) is 4.90 Å². The molecule has 0 aliphatic heterocycles. The first-order valence-electron chi connectivity index (χ1n) is 11.8. The molecular weight excluding hydrogens is 458 g/mol. The molecule has 33 heavy (non-hydrogen) atoms. The molecule has 11 nitrogen and oxygen atoms in total. The van der Waals surface area contributed by atoms with Gasteiger partial charge in [-0.05, 0) is 6.42 Å². The maximum absolute atomic E-state index is 10.2. The van der Waals surface area contributed by atoms with Crippen LogP contribution in [-0.4, -0.2) is 114 Å². The molecule has 0 amide bonds. The van der Waals surface area contributed by atoms with Crippen LogP contribution in [-0.2, 0) is 14.6 Å². The van der Waals surface area contributed by atoms with Crippen LogP contribution in [0.25, 0.3) is 0 Å². The van der Waals surface area contributed by atoms with Crippen LogP contribution in [0.2, 0.25) is 0 Å². The first kappa shape index (κ1) is 37.1. The van der Waals surface area contributed by atoms with Crippen molar-refractivity contribution in [1.82, 2.24) is 4.90 Å². The van der Waals surface area contributed by atoms with E-state index in [2.05, 4.69) is 11.1 Å². The minimum Gasteiger partial charge on any atom is -0.395 e. The molecule has 0 saturated heterocycles. The van der Waals surface area contributed by atoms with Crippen molar-refractivity contribution in [2.24, 2.45) is 0 Å². The quantitative estimate of drug-likeness (QED) is 0.0888. The highest BCUT2D eigenvalue weighted by atomic mass is 32.3. The Labute approximate surface area is 200 Å². The molecular formula is C21H49NO10S. The number of aliphatic hydroxyl groups excluding tert-OH is 6. The van der Waals surface area contributed by atoms with Crippen LogP contribution < -0.4 is 0 Å². The summed E-state index contributed by atoms with van der Waals surface area (Å²) in [6, 6.07) is 0. The molecule has 0 radical (unpaired) electrons. The lowest BCUT2D eigenvalue weighted by Crippen LogP contribution is -2.32. The third-order valence-electron chi connectivity index (χ3n) is 4.40. The van der Waals surface area contributed by atoms with Crippen molar-refractivity contribution in [2.45, 2.75) is 77.2 Å². The normalized spacial score (nSPS) is 11.2. The molecule has 0 atom stereocenters. The summed E-state index contributed by atoms with van der Waals surface area (Å²) in [5.74, 6) is 0. The summed E-state index contributed by atoms with van der Waals surface area (Å²) < 4.78 is 33.0. The third-order valence-corrected chi connectivity index (χ3v) is 4.86. The lowest BCUT2D eigenvalue weighted by Gasteiger charge is -2.17. The molecule has 7 N–H and O–H groups in total. The number of hydrogen-bond donors (Lipinski definition) is 7. The molecule has 0 aromatic carbocycles. The molecule has 0 unspecified atom stereocenters. The minimum atomic E-state index is -4.23. The van der Waals surface area contributed by atoms with Gasteiger partial charge in [-0.2, -0.15) is 8.42 Å². The van der Waals surface area contributed by atoms with Crippen LogP contribution in [0.3, 0.4) is 0 Å². The Morgan fingerprint density at radius 2 is 1.06 bits per heavy atom. The van der Waals surface area contributed by atoms with Gasteiger partial charge in [0.15, 0.2) is 0 Å². The summed E-state index contributed by atoms with van der Waals surface area (Å²) >= 11 is 0. The Bertz CT molecular complexity index is 436. The first-order valence-corrected chi connectivity index (χ1v) is 13.1. The highest BCUT2D eigenvalue weighted by Gasteiger charge is 2.02. The number of rotatable bonds is 20. The SMILES string of the molecule is CCCCCCCCCCCCOS(=O)(=O)O.OCC(O)CO.OCCN(CCO)CCO. The maximum Gasteiger partial charge on any atom is 0.397 e. The van der Waals surface area contributed by atoms with Gasteiger partial charge < -0.3 is 30.6 Å². The molecule has 0 aromatic rings. The van der Waals surface area contributed by atoms with Crippen LogP contribution in [0.1, 0.15) is 71.1 Å². The van der Waals surface area contributed by atoms with E-state index in [1.807, 2.05) is 0 Å². The summed E-state index contributed by atoms with van der Waals surface area (Å²) in [6.45, 7) is 3.33. The molecule has 0 aromatic heterocycles. The molecule has 12 heteroatoms. The first-order chi connectivity index (χ1) is 15.7. The second-order valence-corrected chi connectivity index (χ2v) is 8.55. The fourth-order valence-electron chi connectivity index (χ4n) is 2.57. The van der Waals surface area contributed by atoms with Crippen LogP contribution >= 0.6 is 0 Å². The monoisotopic (exact) mass is 507 g/mol. The van der Waals surface area contributed by atoms with Gasteiger partial charge in [0.1, 0.15) is 6.10 Å². The van der Waals surface area contributed by atoms with Gasteiger partial charge in [-0.15, -0.1) is 0 Å². The van der Waals surface area contributed by atoms with Gasteiger partial charge in [0, 0.05) is 19.6 Å². The summed E-state index contributed by atoms with van der Waals surface area (Å²) in [6.07, 6.45) is 10.9. The number of hydrogen-bond acceptors (Lipinski definition) is 10. The van der Waals surface area contributed by atoms with E-state index in [0.717, 1.165) is 12.8 Å². The lowest BCUT2D eigenvalue weighted by molar-refractivity contribution is 0.0450. The largest absolute Gasteiger partial charge is 0.397 e. The number of unbranched alkanes of at least 4 members (excludes halogenated alkanes) is 9. The third kappa shape index (κ3) is 39.1. The van der Waals surface area contributed by atoms with Crippen LogP contribution in [0.15, 0.2) is 0 Å². The van der Waals surface area contributed by atoms with Crippen molar-refractivity contribution in [3.63, 3.8) is 0 Å². The van der Waals surface area contributed by atoms with Gasteiger partial charge in [-0.3, -0.25) is 9.45 Å². The second-order valence-electron chi connectivity index (χ2n) is 7.46. The van der Waals surface area contributed by atoms with Crippen molar-refractivity contribution in [1.29, 1.82) is 0 Å². The molecule has 0 saturated carbocycles. The Kier molecular flexibility index (Phi) is 33.3. The number of nitrogens with zero attached hydrogens (tertiary/aromatic N) is 1. The predicted molar refractivity (Wildman–Crippen MR) is 127 cm³/mol. The van der Waals surface area contributed by atoms with E-state index in [0.29, 0.717) is 26.1 Å². The topological polar surface area (TPSA) is 188 Å². The molecule has 0 bridgehead atoms. The Morgan fingerprint density at radius 1 is 0.697 bits per heavy atom. The standard InChI is InChI=1S/C12H26O4S.C6H15NO3.C3H8O3/c1-2-3-4-5-6-7-8-9-10-11-12-16-17(13,14)15;8-4-1-7(2-5-9)3-6-10;4-1-3(6)2-5/h2-12H2,1H3,(H,13,14,15);8-10H,1-6H2;3-6H,1-2H2. The highest BCUT2D eigenvalue weighted by molar-refractivity contribution is 7.80. The smallest absolute Gasteiger partial charge is 0.395 e. The Hall–Kier alpha value is -0.410. The summed E-state index contributed by atoms with van der Waals surface area (Å²) in [7, 11) is -4.23. The maximum atomic E-state index is 10.2. The van der Waals surface area contributed by atoms with Gasteiger partial charge in [0.25, 0.3) is 0 Å². The van der Waals surface area contributed by atoms with E-state index >= 15 is 0 Å². The molecule has 0 aliphatic carbocycles. The van der Waals surface area contributed by atoms with E-state index in [1.165, 1.54) is 44.9 Å². The average Bonchev–Trinajstić information content (AvgIpc) is 2.77. The van der Waals surface area contributed by atoms with Crippen molar-refractivity contribution in [2.75, 3.05) is 59.3 Å². The Morgan fingerprint density at radius 3 is 1.33 bits per heavy atom. The molecule has 204 valence electrons. The molecule has 0 aliphatic rings. The summed E-state index contributed by atoms with van der Waals surface area (Å²) in [4.78, 5) is 1.79. The molecule has 0 heterocycles. The summed E-state index contributed by atoms with van der Waals surface area (Å²) in [5, 5.41) is 49.5. The van der Waals surface area contributed by atoms with Crippen LogP contribution in [0, 0.1) is 0 Å². The van der Waals surface area contributed by atoms with Crippen molar-refractivity contribution in [3.05, 3.63) is 0 Å². The van der Waals surface area contributed by atoms with Gasteiger partial charge in [-0.25, -0.2) is 4.18 Å². The zero-order valence-corrected chi connectivity index (χ0v) is 21.0. The van der Waals surface area contributed by atoms with Crippen LogP contribution in [0.5, 0.6) is 0 Å². The zero-order valence-electron chi connectivity index (χ0n) is 20.2. The van der Waals surface area contributed by atoms with E-state index in [4.69, 9.17) is 35.2 Å². The van der Waals surface area contributed by atoms with E-state index in [9.17, 15) is 8.42 Å². The average molecular weight is 508 g/mol. The van der Waals surface area contributed by atoms with Gasteiger partial charge in [-0.1, -0.05) is 64.7 Å². The fraction of sp³-hybridized carbons (Fsp3) is 1.00. The predicted octanol–water partition coefficient (Wildman–Crippen LogP) is 0.324. The summed E-state index contributed by atoms with van der Waals surface area (Å²) in [5.41, 5.74) is 0. The minimum absolute atomic E-state index is 0.0694. The van der Waals surface area contributed by atoms with Crippen molar-refractivity contribution < 1.29 is 47.8 Å². The van der Waals surface area contributed by atoms with Crippen molar-refractivity contribution in [3.8, 4) is 0 Å². The van der Waals surface area contributed by atoms with Crippen LogP contribution in [0.4, 0.5) is 0 Å². The van der Waals surface area contributed by atoms with Gasteiger partial charge in [0.2, 0.25) is 0 Å². The molecule has 0 fully saturated rings. The second kappa shape index (κ2) is 29.6. The van der Waals surface area contributed by atoms with Gasteiger partial charge >= 0.3 is 10.4 Å². The van der Waals surface area contributed by atoms with Gasteiger partial charge in [0.05, 0.1) is 39.6 Å². The zero-order chi connectivity index (χ0) is 25.8. The fourth-order valence-corrected chi connectivity index (χ4v) is 2.90. The van der Waals surface area contributed by atoms with E-state index in [-0.39, 0.29) is 39.6 Å². The van der Waals surface area contributed by atoms with Crippen molar-refractivity contribution >= 4 is 10.4 Å². The Balaban J connectivity index is -0.000000473.